The van der Waals surface area contributed by atoms with Crippen LogP contribution in [-0.4, -0.2) is 23.7 Å². The summed E-state index contributed by atoms with van der Waals surface area (Å²) in [5.74, 6) is -0.145. The average molecular weight is 283 g/mol. The molecule has 2 rings (SSSR count). The molecule has 0 aliphatic carbocycles. The first-order chi connectivity index (χ1) is 10.1. The molecule has 1 amide bonds. The third kappa shape index (κ3) is 4.17. The van der Waals surface area contributed by atoms with Crippen LogP contribution in [0, 0.1) is 13.8 Å². The monoisotopic (exact) mass is 283 g/mol. The lowest BCUT2D eigenvalue weighted by atomic mass is 10.0. The fourth-order valence-corrected chi connectivity index (χ4v) is 2.21. The molecule has 0 heterocycles. The SMILES string of the molecule is Cc1ccc(C(=O)N[C@H](CO)Cc2ccccc2)cc1C. The summed E-state index contributed by atoms with van der Waals surface area (Å²) in [6.07, 6.45) is 0.619. The Morgan fingerprint density at radius 3 is 2.43 bits per heavy atom. The number of benzene rings is 2. The highest BCUT2D eigenvalue weighted by atomic mass is 16.3. The topological polar surface area (TPSA) is 49.3 Å². The maximum Gasteiger partial charge on any atom is 0.251 e. The van der Waals surface area contributed by atoms with Crippen molar-refractivity contribution in [3.8, 4) is 0 Å². The van der Waals surface area contributed by atoms with Crippen molar-refractivity contribution in [3.05, 3.63) is 70.8 Å². The fourth-order valence-electron chi connectivity index (χ4n) is 2.21. The second-order valence-corrected chi connectivity index (χ2v) is 5.34. The molecule has 3 nitrogen and oxygen atoms in total. The van der Waals surface area contributed by atoms with E-state index < -0.39 is 0 Å². The molecule has 0 aliphatic heterocycles. The van der Waals surface area contributed by atoms with Gasteiger partial charge in [0.05, 0.1) is 12.6 Å². The van der Waals surface area contributed by atoms with Crippen LogP contribution in [0.3, 0.4) is 0 Å². The van der Waals surface area contributed by atoms with Crippen molar-refractivity contribution in [3.63, 3.8) is 0 Å². The highest BCUT2D eigenvalue weighted by Gasteiger charge is 2.14. The second-order valence-electron chi connectivity index (χ2n) is 5.34. The van der Waals surface area contributed by atoms with Gasteiger partial charge in [-0.3, -0.25) is 4.79 Å². The van der Waals surface area contributed by atoms with Gasteiger partial charge in [-0.2, -0.15) is 0 Å². The van der Waals surface area contributed by atoms with Crippen LogP contribution in [0.25, 0.3) is 0 Å². The standard InChI is InChI=1S/C18H21NO2/c1-13-8-9-16(10-14(13)2)18(21)19-17(12-20)11-15-6-4-3-5-7-15/h3-10,17,20H,11-12H2,1-2H3,(H,19,21)/t17-/m0/s1. The maximum absolute atomic E-state index is 12.2. The van der Waals surface area contributed by atoms with Gasteiger partial charge in [-0.25, -0.2) is 0 Å². The Morgan fingerprint density at radius 2 is 1.81 bits per heavy atom. The van der Waals surface area contributed by atoms with Crippen molar-refractivity contribution < 1.29 is 9.90 Å². The number of nitrogens with one attached hydrogen (secondary N) is 1. The molecule has 1 atom stereocenters. The van der Waals surface area contributed by atoms with Crippen LogP contribution < -0.4 is 5.32 Å². The van der Waals surface area contributed by atoms with E-state index in [0.717, 1.165) is 16.7 Å². The zero-order valence-corrected chi connectivity index (χ0v) is 12.5. The highest BCUT2D eigenvalue weighted by molar-refractivity contribution is 5.94. The van der Waals surface area contributed by atoms with E-state index >= 15 is 0 Å². The van der Waals surface area contributed by atoms with Gasteiger partial charge >= 0.3 is 0 Å². The summed E-state index contributed by atoms with van der Waals surface area (Å²) in [4.78, 5) is 12.2. The number of hydrogen-bond acceptors (Lipinski definition) is 2. The Labute approximate surface area is 125 Å². The third-order valence-corrected chi connectivity index (χ3v) is 3.65. The van der Waals surface area contributed by atoms with E-state index in [4.69, 9.17) is 0 Å². The Kier molecular flexibility index (Phi) is 5.12. The van der Waals surface area contributed by atoms with E-state index in [0.29, 0.717) is 12.0 Å². The van der Waals surface area contributed by atoms with Crippen LogP contribution >= 0.6 is 0 Å². The number of carbonyl (C=O) groups is 1. The zero-order chi connectivity index (χ0) is 15.2. The molecule has 2 N–H and O–H groups in total. The van der Waals surface area contributed by atoms with Gasteiger partial charge in [0.15, 0.2) is 0 Å². The average Bonchev–Trinajstić information content (AvgIpc) is 2.50. The Balaban J connectivity index is 2.04. The van der Waals surface area contributed by atoms with Crippen LogP contribution in [-0.2, 0) is 6.42 Å². The zero-order valence-electron chi connectivity index (χ0n) is 12.5. The summed E-state index contributed by atoms with van der Waals surface area (Å²) in [7, 11) is 0. The first kappa shape index (κ1) is 15.3. The molecule has 3 heteroatoms. The van der Waals surface area contributed by atoms with Gasteiger partial charge in [-0.15, -0.1) is 0 Å². The van der Waals surface area contributed by atoms with Crippen molar-refractivity contribution in [2.24, 2.45) is 0 Å². The number of rotatable bonds is 5. The van der Waals surface area contributed by atoms with Crippen LogP contribution in [0.2, 0.25) is 0 Å². The van der Waals surface area contributed by atoms with Gasteiger partial charge in [0, 0.05) is 5.56 Å². The van der Waals surface area contributed by atoms with Crippen molar-refractivity contribution in [1.29, 1.82) is 0 Å². The van der Waals surface area contributed by atoms with Crippen LogP contribution in [0.15, 0.2) is 48.5 Å². The summed E-state index contributed by atoms with van der Waals surface area (Å²) in [6.45, 7) is 3.92. The quantitative estimate of drug-likeness (QED) is 0.886. The smallest absolute Gasteiger partial charge is 0.251 e. The molecule has 0 aliphatic rings. The Bertz CT molecular complexity index is 608. The summed E-state index contributed by atoms with van der Waals surface area (Å²) in [5.41, 5.74) is 3.97. The van der Waals surface area contributed by atoms with Crippen molar-refractivity contribution in [1.82, 2.24) is 5.32 Å². The van der Waals surface area contributed by atoms with E-state index in [2.05, 4.69) is 5.32 Å². The first-order valence-corrected chi connectivity index (χ1v) is 7.13. The van der Waals surface area contributed by atoms with Crippen molar-refractivity contribution in [2.75, 3.05) is 6.61 Å². The summed E-state index contributed by atoms with van der Waals surface area (Å²) >= 11 is 0. The largest absolute Gasteiger partial charge is 0.394 e. The number of aliphatic hydroxyl groups is 1. The first-order valence-electron chi connectivity index (χ1n) is 7.13. The lowest BCUT2D eigenvalue weighted by molar-refractivity contribution is 0.0916. The fraction of sp³-hybridized carbons (Fsp3) is 0.278. The van der Waals surface area contributed by atoms with Gasteiger partial charge in [0.2, 0.25) is 0 Å². The van der Waals surface area contributed by atoms with E-state index in [9.17, 15) is 9.90 Å². The summed E-state index contributed by atoms with van der Waals surface area (Å²) in [6, 6.07) is 15.2. The Morgan fingerprint density at radius 1 is 1.10 bits per heavy atom. The molecular formula is C18H21NO2. The highest BCUT2D eigenvalue weighted by Crippen LogP contribution is 2.10. The molecule has 0 saturated heterocycles. The van der Waals surface area contributed by atoms with Crippen LogP contribution in [0.4, 0.5) is 0 Å². The molecule has 110 valence electrons. The van der Waals surface area contributed by atoms with Gasteiger partial charge in [0.25, 0.3) is 5.91 Å². The minimum absolute atomic E-state index is 0.0779. The molecule has 0 bridgehead atoms. The van der Waals surface area contributed by atoms with E-state index in [1.807, 2.05) is 62.4 Å². The Hall–Kier alpha value is -2.13. The number of amides is 1. The molecule has 2 aromatic carbocycles. The van der Waals surface area contributed by atoms with Crippen LogP contribution in [0.1, 0.15) is 27.0 Å². The molecule has 0 spiro atoms. The maximum atomic E-state index is 12.2. The molecule has 0 radical (unpaired) electrons. The van der Waals surface area contributed by atoms with Crippen LogP contribution in [0.5, 0.6) is 0 Å². The predicted octanol–water partition coefficient (Wildman–Crippen LogP) is 2.64. The second kappa shape index (κ2) is 7.04. The molecule has 21 heavy (non-hydrogen) atoms. The summed E-state index contributed by atoms with van der Waals surface area (Å²) < 4.78 is 0. The molecule has 0 unspecified atom stereocenters. The van der Waals surface area contributed by atoms with E-state index in [-0.39, 0.29) is 18.6 Å². The molecule has 0 saturated carbocycles. The van der Waals surface area contributed by atoms with Gasteiger partial charge in [-0.05, 0) is 49.1 Å². The minimum Gasteiger partial charge on any atom is -0.394 e. The number of hydrogen-bond donors (Lipinski definition) is 2. The molecule has 0 aromatic heterocycles. The lowest BCUT2D eigenvalue weighted by Gasteiger charge is -2.17. The predicted molar refractivity (Wildman–Crippen MR) is 84.4 cm³/mol. The van der Waals surface area contributed by atoms with E-state index in [1.165, 1.54) is 0 Å². The number of aryl methyl sites for hydroxylation is 2. The van der Waals surface area contributed by atoms with E-state index in [1.54, 1.807) is 0 Å². The minimum atomic E-state index is -0.276. The normalized spacial score (nSPS) is 12.0. The van der Waals surface area contributed by atoms with Gasteiger partial charge < -0.3 is 10.4 Å². The van der Waals surface area contributed by atoms with Gasteiger partial charge in [0.1, 0.15) is 0 Å². The van der Waals surface area contributed by atoms with Crippen molar-refractivity contribution in [2.45, 2.75) is 26.3 Å². The molecular weight excluding hydrogens is 262 g/mol. The number of carbonyl (C=O) groups excluding carboxylic acids is 1. The lowest BCUT2D eigenvalue weighted by Crippen LogP contribution is -2.39. The molecule has 2 aromatic rings. The van der Waals surface area contributed by atoms with Gasteiger partial charge in [-0.1, -0.05) is 36.4 Å². The number of aliphatic hydroxyl groups excluding tert-OH is 1. The summed E-state index contributed by atoms with van der Waals surface area (Å²) in [5, 5.41) is 12.4. The molecule has 0 fully saturated rings. The third-order valence-electron chi connectivity index (χ3n) is 3.65. The van der Waals surface area contributed by atoms with Crippen molar-refractivity contribution >= 4 is 5.91 Å².